The molecule has 6 heteroatoms. The lowest BCUT2D eigenvalue weighted by Crippen LogP contribution is -2.51. The van der Waals surface area contributed by atoms with Gasteiger partial charge in [-0.3, -0.25) is 4.79 Å². The van der Waals surface area contributed by atoms with Gasteiger partial charge in [0.1, 0.15) is 5.54 Å². The first-order valence-electron chi connectivity index (χ1n) is 4.88. The number of hydrogen-bond donors (Lipinski definition) is 1. The summed E-state index contributed by atoms with van der Waals surface area (Å²) in [5.74, 6) is -0.841. The summed E-state index contributed by atoms with van der Waals surface area (Å²) < 4.78 is 24.5. The molecular formula is C9H17NO4S. The monoisotopic (exact) mass is 235 g/mol. The average molecular weight is 235 g/mol. The molecule has 0 spiro atoms. The number of carbonyl (C=O) groups is 1. The van der Waals surface area contributed by atoms with Crippen molar-refractivity contribution >= 4 is 16.0 Å². The molecule has 0 amide bonds. The fourth-order valence-corrected chi connectivity index (χ4v) is 3.10. The van der Waals surface area contributed by atoms with Crippen LogP contribution in [-0.2, 0) is 14.8 Å². The number of hydrogen-bond acceptors (Lipinski definition) is 3. The van der Waals surface area contributed by atoms with Gasteiger partial charge in [0.25, 0.3) is 0 Å². The molecule has 1 aliphatic rings. The van der Waals surface area contributed by atoms with Crippen LogP contribution in [-0.4, -0.2) is 42.1 Å². The predicted molar refractivity (Wildman–Crippen MR) is 56.0 cm³/mol. The van der Waals surface area contributed by atoms with Crippen LogP contribution in [0.25, 0.3) is 0 Å². The van der Waals surface area contributed by atoms with E-state index in [0.29, 0.717) is 0 Å². The molecule has 1 N–H and O–H groups in total. The first-order chi connectivity index (χ1) is 6.68. The maximum Gasteiger partial charge on any atom is 0.324 e. The van der Waals surface area contributed by atoms with Gasteiger partial charge >= 0.3 is 5.97 Å². The molecule has 0 saturated heterocycles. The van der Waals surface area contributed by atoms with Crippen molar-refractivity contribution in [2.75, 3.05) is 12.8 Å². The van der Waals surface area contributed by atoms with Gasteiger partial charge in [0.2, 0.25) is 10.0 Å². The fourth-order valence-electron chi connectivity index (χ4n) is 1.18. The van der Waals surface area contributed by atoms with Crippen molar-refractivity contribution < 1.29 is 18.3 Å². The van der Waals surface area contributed by atoms with Crippen LogP contribution in [0.3, 0.4) is 0 Å². The summed E-state index contributed by atoms with van der Waals surface area (Å²) in [4.78, 5) is 10.9. The minimum absolute atomic E-state index is 0.0697. The Bertz CT molecular complexity index is 356. The molecule has 5 nitrogen and oxygen atoms in total. The Kier molecular flexibility index (Phi) is 3.11. The minimum atomic E-state index is -3.45. The molecule has 0 aromatic carbocycles. The number of nitrogens with zero attached hydrogens (tertiary/aromatic N) is 1. The lowest BCUT2D eigenvalue weighted by molar-refractivity contribution is -0.145. The standard InChI is InChI=1S/C9H17NO4S/c1-9(2,8(11)12)10(3)15(13,14)6-7-4-5-7/h7H,4-6H2,1-3H3,(H,11,12). The Morgan fingerprint density at radius 1 is 1.47 bits per heavy atom. The number of carboxylic acid groups (broad SMARTS) is 1. The van der Waals surface area contributed by atoms with E-state index >= 15 is 0 Å². The molecule has 0 aliphatic heterocycles. The summed E-state index contributed by atoms with van der Waals surface area (Å²) in [6, 6.07) is 0. The zero-order valence-corrected chi connectivity index (χ0v) is 10.0. The third-order valence-corrected chi connectivity index (χ3v) is 5.05. The van der Waals surface area contributed by atoms with Crippen LogP contribution in [0.15, 0.2) is 0 Å². The quantitative estimate of drug-likeness (QED) is 0.754. The van der Waals surface area contributed by atoms with Gasteiger partial charge in [-0.25, -0.2) is 8.42 Å². The molecular weight excluding hydrogens is 218 g/mol. The molecule has 0 atom stereocenters. The van der Waals surface area contributed by atoms with Gasteiger partial charge in [0.05, 0.1) is 5.75 Å². The first-order valence-corrected chi connectivity index (χ1v) is 6.49. The van der Waals surface area contributed by atoms with E-state index < -0.39 is 21.5 Å². The van der Waals surface area contributed by atoms with E-state index in [0.717, 1.165) is 17.1 Å². The molecule has 0 unspecified atom stereocenters. The van der Waals surface area contributed by atoms with Crippen molar-refractivity contribution in [3.63, 3.8) is 0 Å². The van der Waals surface area contributed by atoms with Crippen LogP contribution in [0.2, 0.25) is 0 Å². The van der Waals surface area contributed by atoms with E-state index in [1.54, 1.807) is 0 Å². The van der Waals surface area contributed by atoms with Crippen molar-refractivity contribution in [1.82, 2.24) is 4.31 Å². The normalized spacial score (nSPS) is 18.1. The summed E-state index contributed by atoms with van der Waals surface area (Å²) in [7, 11) is -2.12. The van der Waals surface area contributed by atoms with Crippen LogP contribution in [0, 0.1) is 5.92 Å². The third-order valence-electron chi connectivity index (χ3n) is 2.87. The molecule has 88 valence electrons. The smallest absolute Gasteiger partial charge is 0.324 e. The number of aliphatic carboxylic acids is 1. The molecule has 0 heterocycles. The largest absolute Gasteiger partial charge is 0.480 e. The summed E-state index contributed by atoms with van der Waals surface area (Å²) in [6.07, 6.45) is 1.86. The van der Waals surface area contributed by atoms with E-state index in [1.165, 1.54) is 20.9 Å². The molecule has 0 aromatic heterocycles. The lowest BCUT2D eigenvalue weighted by Gasteiger charge is -2.30. The summed E-state index contributed by atoms with van der Waals surface area (Å²) in [6.45, 7) is 2.78. The van der Waals surface area contributed by atoms with Gasteiger partial charge < -0.3 is 5.11 Å². The molecule has 1 fully saturated rings. The summed E-state index contributed by atoms with van der Waals surface area (Å²) in [5, 5.41) is 8.92. The number of likely N-dealkylation sites (N-methyl/N-ethyl adjacent to an activating group) is 1. The van der Waals surface area contributed by atoms with Gasteiger partial charge in [-0.05, 0) is 32.6 Å². The molecule has 0 bridgehead atoms. The van der Waals surface area contributed by atoms with Crippen LogP contribution in [0.1, 0.15) is 26.7 Å². The average Bonchev–Trinajstić information content (AvgIpc) is 2.85. The van der Waals surface area contributed by atoms with E-state index in [4.69, 9.17) is 5.11 Å². The zero-order chi connectivity index (χ0) is 11.9. The van der Waals surface area contributed by atoms with Crippen molar-refractivity contribution in [2.45, 2.75) is 32.2 Å². The maximum absolute atomic E-state index is 11.8. The molecule has 1 rings (SSSR count). The zero-order valence-electron chi connectivity index (χ0n) is 9.23. The fraction of sp³-hybridized carbons (Fsp3) is 0.889. The summed E-state index contributed by atoms with van der Waals surface area (Å²) in [5.41, 5.74) is -1.38. The van der Waals surface area contributed by atoms with E-state index in [2.05, 4.69) is 0 Å². The van der Waals surface area contributed by atoms with Gasteiger partial charge in [-0.15, -0.1) is 0 Å². The van der Waals surface area contributed by atoms with E-state index in [-0.39, 0.29) is 11.7 Å². The third kappa shape index (κ3) is 2.69. The van der Waals surface area contributed by atoms with Crippen LogP contribution in [0.5, 0.6) is 0 Å². The van der Waals surface area contributed by atoms with Gasteiger partial charge in [-0.2, -0.15) is 4.31 Å². The van der Waals surface area contributed by atoms with Gasteiger partial charge in [0.15, 0.2) is 0 Å². The van der Waals surface area contributed by atoms with Crippen LogP contribution in [0.4, 0.5) is 0 Å². The first kappa shape index (κ1) is 12.4. The van der Waals surface area contributed by atoms with Crippen molar-refractivity contribution in [1.29, 1.82) is 0 Å². The van der Waals surface area contributed by atoms with Gasteiger partial charge in [-0.1, -0.05) is 0 Å². The minimum Gasteiger partial charge on any atom is -0.480 e. The molecule has 1 aliphatic carbocycles. The predicted octanol–water partition coefficient (Wildman–Crippen LogP) is 0.521. The second-order valence-electron chi connectivity index (χ2n) is 4.55. The topological polar surface area (TPSA) is 74.7 Å². The Labute approximate surface area is 90.1 Å². The van der Waals surface area contributed by atoms with Crippen molar-refractivity contribution in [3.05, 3.63) is 0 Å². The van der Waals surface area contributed by atoms with Crippen molar-refractivity contribution in [2.24, 2.45) is 5.92 Å². The van der Waals surface area contributed by atoms with E-state index in [9.17, 15) is 13.2 Å². The highest BCUT2D eigenvalue weighted by Gasteiger charge is 2.41. The highest BCUT2D eigenvalue weighted by Crippen LogP contribution is 2.32. The number of sulfonamides is 1. The second-order valence-corrected chi connectivity index (χ2v) is 6.60. The molecule has 0 radical (unpaired) electrons. The van der Waals surface area contributed by atoms with Crippen LogP contribution < -0.4 is 0 Å². The van der Waals surface area contributed by atoms with Crippen LogP contribution >= 0.6 is 0 Å². The number of carboxylic acids is 1. The lowest BCUT2D eigenvalue weighted by atomic mass is 10.1. The molecule has 0 aromatic rings. The molecule has 15 heavy (non-hydrogen) atoms. The van der Waals surface area contributed by atoms with Gasteiger partial charge in [0, 0.05) is 7.05 Å². The highest BCUT2D eigenvalue weighted by atomic mass is 32.2. The Morgan fingerprint density at radius 3 is 2.27 bits per heavy atom. The Morgan fingerprint density at radius 2 is 1.93 bits per heavy atom. The second kappa shape index (κ2) is 3.75. The van der Waals surface area contributed by atoms with E-state index in [1.807, 2.05) is 0 Å². The summed E-state index contributed by atoms with van der Waals surface area (Å²) >= 11 is 0. The Hall–Kier alpha value is -0.620. The SMILES string of the molecule is CN(C(C)(C)C(=O)O)S(=O)(=O)CC1CC1. The highest BCUT2D eigenvalue weighted by molar-refractivity contribution is 7.89. The maximum atomic E-state index is 11.8. The van der Waals surface area contributed by atoms with Crippen molar-refractivity contribution in [3.8, 4) is 0 Å². The Balaban J connectivity index is 2.81. The number of rotatable bonds is 5. The molecule has 1 saturated carbocycles.